The Balaban J connectivity index is 2.19. The van der Waals surface area contributed by atoms with Gasteiger partial charge in [0.2, 0.25) is 5.91 Å². The highest BCUT2D eigenvalue weighted by molar-refractivity contribution is 6.31. The number of halogens is 1. The lowest BCUT2D eigenvalue weighted by molar-refractivity contribution is -0.118. The summed E-state index contributed by atoms with van der Waals surface area (Å²) < 4.78 is 5.12. The van der Waals surface area contributed by atoms with Crippen LogP contribution in [-0.4, -0.2) is 18.6 Å². The first-order valence-electron chi connectivity index (χ1n) is 4.99. The third kappa shape index (κ3) is 2.13. The predicted molar refractivity (Wildman–Crippen MR) is 62.8 cm³/mol. The summed E-state index contributed by atoms with van der Waals surface area (Å²) in [6.07, 6.45) is 1.45. The van der Waals surface area contributed by atoms with E-state index in [4.69, 9.17) is 22.1 Å². The summed E-state index contributed by atoms with van der Waals surface area (Å²) in [5, 5.41) is 3.27. The Bertz CT molecular complexity index is 430. The number of carbonyl (C=O) groups excluding carboxylic acids is 1. The van der Waals surface area contributed by atoms with E-state index < -0.39 is 5.54 Å². The number of amides is 1. The van der Waals surface area contributed by atoms with Crippen LogP contribution in [0.15, 0.2) is 18.2 Å². The van der Waals surface area contributed by atoms with Crippen LogP contribution in [0.5, 0.6) is 5.75 Å². The zero-order chi connectivity index (χ0) is 11.8. The molecule has 0 spiro atoms. The van der Waals surface area contributed by atoms with Gasteiger partial charge in [-0.15, -0.1) is 0 Å². The molecule has 1 aromatic carbocycles. The molecule has 1 aliphatic carbocycles. The minimum absolute atomic E-state index is 0.187. The first kappa shape index (κ1) is 11.2. The number of ether oxygens (including phenoxy) is 1. The average molecular weight is 241 g/mol. The van der Waals surface area contributed by atoms with Crippen LogP contribution in [0.3, 0.4) is 0 Å². The number of rotatable bonds is 3. The minimum Gasteiger partial charge on any atom is -0.495 e. The summed E-state index contributed by atoms with van der Waals surface area (Å²) in [6, 6.07) is 5.05. The fraction of sp³-hybridized carbons (Fsp3) is 0.364. The summed E-state index contributed by atoms with van der Waals surface area (Å²) in [5.41, 5.74) is 5.63. The molecular weight excluding hydrogens is 228 g/mol. The fourth-order valence-corrected chi connectivity index (χ4v) is 1.56. The number of anilines is 1. The maximum Gasteiger partial charge on any atom is 0.244 e. The topological polar surface area (TPSA) is 64.3 Å². The van der Waals surface area contributed by atoms with Crippen LogP contribution in [0.4, 0.5) is 5.69 Å². The number of nitrogens with two attached hydrogens (primary N) is 1. The van der Waals surface area contributed by atoms with Crippen LogP contribution in [0.25, 0.3) is 0 Å². The molecule has 1 fully saturated rings. The largest absolute Gasteiger partial charge is 0.495 e. The Morgan fingerprint density at radius 2 is 2.25 bits per heavy atom. The second-order valence-electron chi connectivity index (χ2n) is 3.95. The van der Waals surface area contributed by atoms with Crippen molar-refractivity contribution in [1.29, 1.82) is 0 Å². The summed E-state index contributed by atoms with van der Waals surface area (Å²) in [5.74, 6) is 0.384. The molecular formula is C11H13ClN2O2. The fourth-order valence-electron chi connectivity index (χ4n) is 1.39. The van der Waals surface area contributed by atoms with Crippen LogP contribution < -0.4 is 15.8 Å². The summed E-state index contributed by atoms with van der Waals surface area (Å²) >= 11 is 5.85. The molecule has 2 rings (SSSR count). The Labute approximate surface area is 98.7 Å². The molecule has 0 saturated heterocycles. The van der Waals surface area contributed by atoms with Gasteiger partial charge in [0.1, 0.15) is 5.75 Å². The van der Waals surface area contributed by atoms with Gasteiger partial charge in [-0.3, -0.25) is 4.79 Å². The molecule has 0 unspecified atom stereocenters. The van der Waals surface area contributed by atoms with Gasteiger partial charge in [-0.05, 0) is 31.0 Å². The first-order chi connectivity index (χ1) is 7.55. The maximum absolute atomic E-state index is 11.7. The Hall–Kier alpha value is -1.26. The van der Waals surface area contributed by atoms with Crippen LogP contribution in [0, 0.1) is 0 Å². The van der Waals surface area contributed by atoms with Crippen molar-refractivity contribution in [2.24, 2.45) is 5.73 Å². The quantitative estimate of drug-likeness (QED) is 0.847. The van der Waals surface area contributed by atoms with E-state index in [0.29, 0.717) is 16.5 Å². The lowest BCUT2D eigenvalue weighted by Gasteiger charge is -2.13. The Morgan fingerprint density at radius 1 is 1.56 bits per heavy atom. The van der Waals surface area contributed by atoms with Gasteiger partial charge in [-0.2, -0.15) is 0 Å². The van der Waals surface area contributed by atoms with Crippen LogP contribution in [0.2, 0.25) is 5.02 Å². The number of nitrogens with one attached hydrogen (secondary N) is 1. The van der Waals surface area contributed by atoms with Gasteiger partial charge in [0, 0.05) is 5.02 Å². The van der Waals surface area contributed by atoms with Crippen molar-refractivity contribution in [2.45, 2.75) is 18.4 Å². The molecule has 1 aliphatic rings. The molecule has 1 saturated carbocycles. The van der Waals surface area contributed by atoms with Crippen molar-refractivity contribution in [3.05, 3.63) is 23.2 Å². The van der Waals surface area contributed by atoms with Crippen LogP contribution in [0.1, 0.15) is 12.8 Å². The minimum atomic E-state index is -0.701. The second-order valence-corrected chi connectivity index (χ2v) is 4.39. The molecule has 0 bridgehead atoms. The lowest BCUT2D eigenvalue weighted by atomic mass is 10.2. The van der Waals surface area contributed by atoms with Gasteiger partial charge in [0.05, 0.1) is 18.3 Å². The van der Waals surface area contributed by atoms with Crippen molar-refractivity contribution in [1.82, 2.24) is 0 Å². The van der Waals surface area contributed by atoms with Crippen LogP contribution >= 0.6 is 11.6 Å². The molecule has 0 atom stereocenters. The molecule has 0 radical (unpaired) electrons. The lowest BCUT2D eigenvalue weighted by Crippen LogP contribution is -2.37. The van der Waals surface area contributed by atoms with Crippen molar-refractivity contribution in [3.8, 4) is 5.75 Å². The average Bonchev–Trinajstić information content (AvgIpc) is 2.98. The predicted octanol–water partition coefficient (Wildman–Crippen LogP) is 1.78. The highest BCUT2D eigenvalue weighted by Crippen LogP contribution is 2.35. The molecule has 3 N–H and O–H groups in total. The summed E-state index contributed by atoms with van der Waals surface area (Å²) in [6.45, 7) is 0. The van der Waals surface area contributed by atoms with E-state index in [9.17, 15) is 4.79 Å². The zero-order valence-electron chi connectivity index (χ0n) is 8.92. The van der Waals surface area contributed by atoms with Gasteiger partial charge in [-0.25, -0.2) is 0 Å². The van der Waals surface area contributed by atoms with Gasteiger partial charge in [0.15, 0.2) is 0 Å². The first-order valence-corrected chi connectivity index (χ1v) is 5.37. The van der Waals surface area contributed by atoms with Gasteiger partial charge in [-0.1, -0.05) is 11.6 Å². The van der Waals surface area contributed by atoms with Gasteiger partial charge >= 0.3 is 0 Å². The molecule has 1 amide bonds. The van der Waals surface area contributed by atoms with Gasteiger partial charge < -0.3 is 15.8 Å². The number of hydrogen-bond acceptors (Lipinski definition) is 3. The molecule has 1 aromatic rings. The third-order valence-corrected chi connectivity index (χ3v) is 2.89. The molecule has 0 aromatic heterocycles. The normalized spacial score (nSPS) is 16.7. The monoisotopic (exact) mass is 240 g/mol. The number of carbonyl (C=O) groups is 1. The highest BCUT2D eigenvalue weighted by Gasteiger charge is 2.46. The molecule has 0 heterocycles. The van der Waals surface area contributed by atoms with Crippen molar-refractivity contribution >= 4 is 23.2 Å². The SMILES string of the molecule is COc1ccc(Cl)cc1NC(=O)C1(N)CC1. The Morgan fingerprint density at radius 3 is 2.81 bits per heavy atom. The maximum atomic E-state index is 11.7. The van der Waals surface area contributed by atoms with Crippen molar-refractivity contribution < 1.29 is 9.53 Å². The van der Waals surface area contributed by atoms with Crippen molar-refractivity contribution in [2.75, 3.05) is 12.4 Å². The molecule has 5 heteroatoms. The number of hydrogen-bond donors (Lipinski definition) is 2. The van der Waals surface area contributed by atoms with E-state index in [-0.39, 0.29) is 5.91 Å². The highest BCUT2D eigenvalue weighted by atomic mass is 35.5. The molecule has 16 heavy (non-hydrogen) atoms. The summed E-state index contributed by atoms with van der Waals surface area (Å²) in [4.78, 5) is 11.7. The van der Waals surface area contributed by atoms with E-state index in [1.54, 1.807) is 18.2 Å². The number of methoxy groups -OCH3 is 1. The van der Waals surface area contributed by atoms with E-state index in [1.165, 1.54) is 7.11 Å². The van der Waals surface area contributed by atoms with E-state index >= 15 is 0 Å². The van der Waals surface area contributed by atoms with E-state index in [1.807, 2.05) is 0 Å². The molecule has 86 valence electrons. The molecule has 0 aliphatic heterocycles. The summed E-state index contributed by atoms with van der Waals surface area (Å²) in [7, 11) is 1.54. The smallest absolute Gasteiger partial charge is 0.244 e. The zero-order valence-corrected chi connectivity index (χ0v) is 9.67. The third-order valence-electron chi connectivity index (χ3n) is 2.65. The second kappa shape index (κ2) is 3.96. The van der Waals surface area contributed by atoms with E-state index in [0.717, 1.165) is 12.8 Å². The molecule has 4 nitrogen and oxygen atoms in total. The number of benzene rings is 1. The Kier molecular flexibility index (Phi) is 2.78. The van der Waals surface area contributed by atoms with Crippen molar-refractivity contribution in [3.63, 3.8) is 0 Å². The standard InChI is InChI=1S/C11H13ClN2O2/c1-16-9-3-2-7(12)6-8(9)14-10(15)11(13)4-5-11/h2-3,6H,4-5,13H2,1H3,(H,14,15). The van der Waals surface area contributed by atoms with E-state index in [2.05, 4.69) is 5.32 Å². The van der Waals surface area contributed by atoms with Crippen LogP contribution in [-0.2, 0) is 4.79 Å². The van der Waals surface area contributed by atoms with Gasteiger partial charge in [0.25, 0.3) is 0 Å².